The van der Waals surface area contributed by atoms with Gasteiger partial charge in [-0.25, -0.2) is 0 Å². The Hall–Kier alpha value is -3.35. The second-order valence-corrected chi connectivity index (χ2v) is 7.68. The quantitative estimate of drug-likeness (QED) is 0.298. The van der Waals surface area contributed by atoms with E-state index in [9.17, 15) is 5.26 Å². The molecule has 3 heteroatoms. The Bertz CT molecular complexity index is 1340. The summed E-state index contributed by atoms with van der Waals surface area (Å²) in [6.45, 7) is 0. The van der Waals surface area contributed by atoms with Gasteiger partial charge in [0.2, 0.25) is 0 Å². The predicted molar refractivity (Wildman–Crippen MR) is 119 cm³/mol. The van der Waals surface area contributed by atoms with Crippen LogP contribution in [0.5, 0.6) is 0 Å². The average Bonchev–Trinajstić information content (AvgIpc) is 3.08. The van der Waals surface area contributed by atoms with Crippen molar-refractivity contribution in [2.24, 2.45) is 0 Å². The van der Waals surface area contributed by atoms with Gasteiger partial charge in [-0.3, -0.25) is 0 Å². The summed E-state index contributed by atoms with van der Waals surface area (Å²) in [5.41, 5.74) is 6.23. The molecule has 0 bridgehead atoms. The molecule has 0 aliphatic carbocycles. The summed E-state index contributed by atoms with van der Waals surface area (Å²) in [7, 11) is 0. The Morgan fingerprint density at radius 1 is 0.679 bits per heavy atom. The summed E-state index contributed by atoms with van der Waals surface area (Å²) in [6, 6.07) is 33.5. The van der Waals surface area contributed by atoms with Crippen LogP contribution in [0.4, 0.5) is 0 Å². The lowest BCUT2D eigenvalue weighted by Gasteiger charge is -2.11. The highest BCUT2D eigenvalue weighted by Crippen LogP contribution is 2.33. The van der Waals surface area contributed by atoms with Gasteiger partial charge in [0.15, 0.2) is 0 Å². The van der Waals surface area contributed by atoms with E-state index >= 15 is 0 Å². The van der Waals surface area contributed by atoms with Crippen molar-refractivity contribution >= 4 is 37.7 Å². The third-order valence-corrected chi connectivity index (χ3v) is 5.50. The summed E-state index contributed by atoms with van der Waals surface area (Å²) in [5, 5.41) is 11.8. The molecule has 5 rings (SSSR count). The number of fused-ring (bicyclic) bond motifs is 3. The molecule has 0 unspecified atom stereocenters. The normalized spacial score (nSPS) is 11.0. The van der Waals surface area contributed by atoms with E-state index in [1.54, 1.807) is 0 Å². The fraction of sp³-hybridized carbons (Fsp3) is 0. The van der Waals surface area contributed by atoms with E-state index in [0.717, 1.165) is 21.3 Å². The molecule has 0 radical (unpaired) electrons. The fourth-order valence-electron chi connectivity index (χ4n) is 3.85. The highest BCUT2D eigenvalue weighted by Gasteiger charge is 2.12. The standard InChI is InChI=1S/C25H15BrN2/c26-20-13-17(16-27)12-19(14-20)18-6-5-7-21(15-18)28-24-10-3-1-8-22(24)23-9-2-4-11-25(23)28/h1-15H. The van der Waals surface area contributed by atoms with Gasteiger partial charge >= 0.3 is 0 Å². The first-order valence-electron chi connectivity index (χ1n) is 9.04. The zero-order valence-corrected chi connectivity index (χ0v) is 16.5. The Kier molecular flexibility index (Phi) is 4.00. The first-order chi connectivity index (χ1) is 13.7. The largest absolute Gasteiger partial charge is 0.309 e. The molecule has 0 N–H and O–H groups in total. The zero-order valence-electron chi connectivity index (χ0n) is 14.9. The summed E-state index contributed by atoms with van der Waals surface area (Å²) in [4.78, 5) is 0. The lowest BCUT2D eigenvalue weighted by atomic mass is 10.0. The van der Waals surface area contributed by atoms with Crippen LogP contribution in [0.15, 0.2) is 95.5 Å². The number of nitrogens with zero attached hydrogens (tertiary/aromatic N) is 2. The van der Waals surface area contributed by atoms with E-state index in [-0.39, 0.29) is 0 Å². The predicted octanol–water partition coefficient (Wildman–Crippen LogP) is 7.08. The van der Waals surface area contributed by atoms with Crippen molar-refractivity contribution in [1.82, 2.24) is 4.57 Å². The van der Waals surface area contributed by atoms with Gasteiger partial charge in [0.1, 0.15) is 0 Å². The molecule has 0 amide bonds. The van der Waals surface area contributed by atoms with Crippen molar-refractivity contribution in [2.75, 3.05) is 0 Å². The summed E-state index contributed by atoms with van der Waals surface area (Å²) in [6.07, 6.45) is 0. The number of nitriles is 1. The number of para-hydroxylation sites is 2. The molecule has 28 heavy (non-hydrogen) atoms. The zero-order chi connectivity index (χ0) is 19.1. The molecule has 132 valence electrons. The van der Waals surface area contributed by atoms with Gasteiger partial charge in [-0.2, -0.15) is 5.26 Å². The third-order valence-electron chi connectivity index (χ3n) is 5.04. The van der Waals surface area contributed by atoms with Crippen LogP contribution < -0.4 is 0 Å². The fourth-order valence-corrected chi connectivity index (χ4v) is 4.34. The second-order valence-electron chi connectivity index (χ2n) is 6.76. The van der Waals surface area contributed by atoms with Gasteiger partial charge < -0.3 is 4.57 Å². The molecule has 0 fully saturated rings. The molecule has 0 saturated heterocycles. The average molecular weight is 423 g/mol. The van der Waals surface area contributed by atoms with E-state index in [2.05, 4.69) is 99.4 Å². The maximum absolute atomic E-state index is 9.30. The van der Waals surface area contributed by atoms with Gasteiger partial charge in [-0.05, 0) is 53.6 Å². The highest BCUT2D eigenvalue weighted by molar-refractivity contribution is 9.10. The molecule has 0 saturated carbocycles. The van der Waals surface area contributed by atoms with Crippen molar-refractivity contribution in [3.8, 4) is 22.9 Å². The summed E-state index contributed by atoms with van der Waals surface area (Å²) < 4.78 is 3.21. The molecule has 1 aromatic heterocycles. The Balaban J connectivity index is 1.77. The first-order valence-corrected chi connectivity index (χ1v) is 9.83. The van der Waals surface area contributed by atoms with E-state index in [1.165, 1.54) is 21.8 Å². The summed E-state index contributed by atoms with van der Waals surface area (Å²) >= 11 is 3.52. The van der Waals surface area contributed by atoms with E-state index in [0.29, 0.717) is 5.56 Å². The van der Waals surface area contributed by atoms with Crippen molar-refractivity contribution in [3.63, 3.8) is 0 Å². The molecule has 2 nitrogen and oxygen atoms in total. The van der Waals surface area contributed by atoms with Gasteiger partial charge in [0.05, 0.1) is 22.7 Å². The number of rotatable bonds is 2. The van der Waals surface area contributed by atoms with Crippen LogP contribution in [0.2, 0.25) is 0 Å². The van der Waals surface area contributed by atoms with Gasteiger partial charge in [-0.15, -0.1) is 0 Å². The van der Waals surface area contributed by atoms with Crippen molar-refractivity contribution in [2.45, 2.75) is 0 Å². The summed E-state index contributed by atoms with van der Waals surface area (Å²) in [5.74, 6) is 0. The minimum Gasteiger partial charge on any atom is -0.309 e. The number of halogens is 1. The SMILES string of the molecule is N#Cc1cc(Br)cc(-c2cccc(-n3c4ccccc4c4ccccc43)c2)c1. The van der Waals surface area contributed by atoms with Crippen LogP contribution in [-0.4, -0.2) is 4.57 Å². The molecule has 0 atom stereocenters. The van der Waals surface area contributed by atoms with E-state index < -0.39 is 0 Å². The van der Waals surface area contributed by atoms with Crippen LogP contribution in [0, 0.1) is 11.3 Å². The number of hydrogen-bond acceptors (Lipinski definition) is 1. The topological polar surface area (TPSA) is 28.7 Å². The van der Waals surface area contributed by atoms with Crippen LogP contribution in [0.25, 0.3) is 38.6 Å². The monoisotopic (exact) mass is 422 g/mol. The van der Waals surface area contributed by atoms with Crippen molar-refractivity contribution in [3.05, 3.63) is 101 Å². The molecular weight excluding hydrogens is 408 g/mol. The number of aromatic nitrogens is 1. The van der Waals surface area contributed by atoms with Crippen molar-refractivity contribution in [1.29, 1.82) is 5.26 Å². The Morgan fingerprint density at radius 3 is 2.04 bits per heavy atom. The third kappa shape index (κ3) is 2.70. The van der Waals surface area contributed by atoms with E-state index in [4.69, 9.17) is 0 Å². The van der Waals surface area contributed by atoms with Gasteiger partial charge in [-0.1, -0.05) is 64.5 Å². The van der Waals surface area contributed by atoms with Crippen LogP contribution >= 0.6 is 15.9 Å². The maximum Gasteiger partial charge on any atom is 0.0992 e. The molecule has 5 aromatic rings. The maximum atomic E-state index is 9.30. The Morgan fingerprint density at radius 2 is 1.36 bits per heavy atom. The molecular formula is C25H15BrN2. The smallest absolute Gasteiger partial charge is 0.0992 e. The molecule has 1 heterocycles. The van der Waals surface area contributed by atoms with Crippen LogP contribution in [0.1, 0.15) is 5.56 Å². The van der Waals surface area contributed by atoms with Gasteiger partial charge in [0, 0.05) is 20.9 Å². The van der Waals surface area contributed by atoms with Crippen LogP contribution in [0.3, 0.4) is 0 Å². The molecule has 0 spiro atoms. The first kappa shape index (κ1) is 16.8. The van der Waals surface area contributed by atoms with E-state index in [1.807, 2.05) is 18.2 Å². The Labute approximate surface area is 171 Å². The molecule has 0 aliphatic heterocycles. The number of benzene rings is 4. The molecule has 4 aromatic carbocycles. The van der Waals surface area contributed by atoms with Crippen LogP contribution in [-0.2, 0) is 0 Å². The number of hydrogen-bond donors (Lipinski definition) is 0. The second kappa shape index (κ2) is 6.67. The lowest BCUT2D eigenvalue weighted by molar-refractivity contribution is 1.18. The molecule has 0 aliphatic rings. The lowest BCUT2D eigenvalue weighted by Crippen LogP contribution is -1.94. The highest BCUT2D eigenvalue weighted by atomic mass is 79.9. The van der Waals surface area contributed by atoms with Crippen molar-refractivity contribution < 1.29 is 0 Å². The van der Waals surface area contributed by atoms with Gasteiger partial charge in [0.25, 0.3) is 0 Å². The minimum absolute atomic E-state index is 0.645. The minimum atomic E-state index is 0.645.